The maximum atomic E-state index is 12.1. The molecule has 0 saturated carbocycles. The first-order chi connectivity index (χ1) is 9.63. The zero-order chi connectivity index (χ0) is 15.0. The summed E-state index contributed by atoms with van der Waals surface area (Å²) in [5, 5.41) is 9.14. The zero-order valence-corrected chi connectivity index (χ0v) is 12.4. The molecule has 1 amide bonds. The quantitative estimate of drug-likeness (QED) is 0.768. The van der Waals surface area contributed by atoms with Crippen LogP contribution in [0.3, 0.4) is 0 Å². The standard InChI is InChI=1S/C16H22N2O2/c1-4-18(5-2)16(19)14(12-17)10-11-20-15-9-7-6-8-13(15)3/h6-9,14H,4-5,10-11H2,1-3H3. The van der Waals surface area contributed by atoms with E-state index in [-0.39, 0.29) is 5.91 Å². The monoisotopic (exact) mass is 274 g/mol. The number of benzene rings is 1. The molecule has 0 aromatic heterocycles. The van der Waals surface area contributed by atoms with Crippen LogP contribution >= 0.6 is 0 Å². The van der Waals surface area contributed by atoms with E-state index >= 15 is 0 Å². The Bertz CT molecular complexity index is 476. The molecule has 0 heterocycles. The van der Waals surface area contributed by atoms with Gasteiger partial charge < -0.3 is 9.64 Å². The van der Waals surface area contributed by atoms with E-state index in [9.17, 15) is 4.79 Å². The second kappa shape index (κ2) is 8.21. The van der Waals surface area contributed by atoms with Gasteiger partial charge in [-0.15, -0.1) is 0 Å². The smallest absolute Gasteiger partial charge is 0.240 e. The Balaban J connectivity index is 2.52. The van der Waals surface area contributed by atoms with E-state index in [0.29, 0.717) is 26.1 Å². The van der Waals surface area contributed by atoms with Crippen LogP contribution in [0.15, 0.2) is 24.3 Å². The van der Waals surface area contributed by atoms with Gasteiger partial charge in [0.25, 0.3) is 0 Å². The van der Waals surface area contributed by atoms with Crippen LogP contribution < -0.4 is 4.74 Å². The van der Waals surface area contributed by atoms with Crippen LogP contribution in [0, 0.1) is 24.2 Å². The van der Waals surface area contributed by atoms with Gasteiger partial charge >= 0.3 is 0 Å². The van der Waals surface area contributed by atoms with Gasteiger partial charge in [0.05, 0.1) is 12.7 Å². The molecule has 1 unspecified atom stereocenters. The summed E-state index contributed by atoms with van der Waals surface area (Å²) in [5.74, 6) is 0.0734. The Labute approximate surface area is 121 Å². The SMILES string of the molecule is CCN(CC)C(=O)C(C#N)CCOc1ccccc1C. The van der Waals surface area contributed by atoms with Gasteiger partial charge in [0.15, 0.2) is 0 Å². The normalized spacial score (nSPS) is 11.5. The summed E-state index contributed by atoms with van der Waals surface area (Å²) in [7, 11) is 0. The van der Waals surface area contributed by atoms with Gasteiger partial charge in [-0.2, -0.15) is 5.26 Å². The molecule has 1 aromatic rings. The van der Waals surface area contributed by atoms with Crippen molar-refractivity contribution in [3.8, 4) is 11.8 Å². The first-order valence-electron chi connectivity index (χ1n) is 7.00. The molecule has 0 fully saturated rings. The molecule has 0 aliphatic rings. The second-order valence-corrected chi connectivity index (χ2v) is 4.59. The van der Waals surface area contributed by atoms with E-state index < -0.39 is 5.92 Å². The van der Waals surface area contributed by atoms with Crippen molar-refractivity contribution >= 4 is 5.91 Å². The lowest BCUT2D eigenvalue weighted by Crippen LogP contribution is -2.36. The molecule has 20 heavy (non-hydrogen) atoms. The van der Waals surface area contributed by atoms with Gasteiger partial charge in [-0.25, -0.2) is 0 Å². The molecule has 0 spiro atoms. The van der Waals surface area contributed by atoms with E-state index in [0.717, 1.165) is 11.3 Å². The summed E-state index contributed by atoms with van der Waals surface area (Å²) >= 11 is 0. The third-order valence-electron chi connectivity index (χ3n) is 3.29. The Morgan fingerprint density at radius 3 is 2.55 bits per heavy atom. The average molecular weight is 274 g/mol. The van der Waals surface area contributed by atoms with Gasteiger partial charge in [0.2, 0.25) is 5.91 Å². The third-order valence-corrected chi connectivity index (χ3v) is 3.29. The number of carbonyl (C=O) groups excluding carboxylic acids is 1. The Kier molecular flexibility index (Phi) is 6.58. The maximum absolute atomic E-state index is 12.1. The maximum Gasteiger partial charge on any atom is 0.240 e. The summed E-state index contributed by atoms with van der Waals surface area (Å²) in [4.78, 5) is 13.8. The van der Waals surface area contributed by atoms with Gasteiger partial charge in [0, 0.05) is 19.5 Å². The topological polar surface area (TPSA) is 53.3 Å². The summed E-state index contributed by atoms with van der Waals surface area (Å²) < 4.78 is 5.64. The number of hydrogen-bond donors (Lipinski definition) is 0. The van der Waals surface area contributed by atoms with Crippen molar-refractivity contribution in [1.29, 1.82) is 5.26 Å². The molecule has 0 saturated heterocycles. The summed E-state index contributed by atoms with van der Waals surface area (Å²) in [6, 6.07) is 9.80. The van der Waals surface area contributed by atoms with E-state index in [1.807, 2.05) is 45.0 Å². The van der Waals surface area contributed by atoms with Crippen molar-refractivity contribution in [1.82, 2.24) is 4.90 Å². The lowest BCUT2D eigenvalue weighted by atomic mass is 10.1. The summed E-state index contributed by atoms with van der Waals surface area (Å²) in [5.41, 5.74) is 1.05. The molecule has 0 N–H and O–H groups in total. The van der Waals surface area contributed by atoms with E-state index in [2.05, 4.69) is 6.07 Å². The highest BCUT2D eigenvalue weighted by molar-refractivity contribution is 5.81. The van der Waals surface area contributed by atoms with Crippen molar-refractivity contribution in [2.24, 2.45) is 5.92 Å². The van der Waals surface area contributed by atoms with Crippen LogP contribution in [0.5, 0.6) is 5.75 Å². The molecule has 0 bridgehead atoms. The minimum atomic E-state index is -0.626. The van der Waals surface area contributed by atoms with Crippen molar-refractivity contribution < 1.29 is 9.53 Å². The molecule has 4 nitrogen and oxygen atoms in total. The molecule has 4 heteroatoms. The van der Waals surface area contributed by atoms with Crippen molar-refractivity contribution in [3.63, 3.8) is 0 Å². The lowest BCUT2D eigenvalue weighted by Gasteiger charge is -2.21. The highest BCUT2D eigenvalue weighted by Gasteiger charge is 2.22. The second-order valence-electron chi connectivity index (χ2n) is 4.59. The van der Waals surface area contributed by atoms with Gasteiger partial charge in [-0.3, -0.25) is 4.79 Å². The Hall–Kier alpha value is -2.02. The fraction of sp³-hybridized carbons (Fsp3) is 0.500. The van der Waals surface area contributed by atoms with Gasteiger partial charge in [0.1, 0.15) is 11.7 Å². The third kappa shape index (κ3) is 4.27. The van der Waals surface area contributed by atoms with Crippen molar-refractivity contribution in [3.05, 3.63) is 29.8 Å². The van der Waals surface area contributed by atoms with Crippen molar-refractivity contribution in [2.75, 3.05) is 19.7 Å². The fourth-order valence-corrected chi connectivity index (χ4v) is 2.00. The van der Waals surface area contributed by atoms with Crippen LogP contribution in [-0.2, 0) is 4.79 Å². The van der Waals surface area contributed by atoms with Crippen LogP contribution in [0.4, 0.5) is 0 Å². The number of hydrogen-bond acceptors (Lipinski definition) is 3. The molecule has 0 radical (unpaired) electrons. The molecule has 108 valence electrons. The number of carbonyl (C=O) groups is 1. The number of amides is 1. The zero-order valence-electron chi connectivity index (χ0n) is 12.4. The first kappa shape index (κ1) is 16.0. The summed E-state index contributed by atoms with van der Waals surface area (Å²) in [6.45, 7) is 7.44. The molecule has 0 aliphatic carbocycles. The first-order valence-corrected chi connectivity index (χ1v) is 7.00. The van der Waals surface area contributed by atoms with Crippen LogP contribution in [0.25, 0.3) is 0 Å². The lowest BCUT2D eigenvalue weighted by molar-refractivity contribution is -0.133. The number of aryl methyl sites for hydroxylation is 1. The van der Waals surface area contributed by atoms with E-state index in [1.165, 1.54) is 0 Å². The predicted molar refractivity (Wildman–Crippen MR) is 78.3 cm³/mol. The molecule has 0 aliphatic heterocycles. The van der Waals surface area contributed by atoms with Crippen LogP contribution in [-0.4, -0.2) is 30.5 Å². The van der Waals surface area contributed by atoms with Crippen molar-refractivity contribution in [2.45, 2.75) is 27.2 Å². The molecule has 1 aromatic carbocycles. The number of rotatable bonds is 7. The number of nitriles is 1. The number of ether oxygens (including phenoxy) is 1. The molecular weight excluding hydrogens is 252 g/mol. The van der Waals surface area contributed by atoms with Gasteiger partial charge in [-0.05, 0) is 32.4 Å². The number of nitrogens with zero attached hydrogens (tertiary/aromatic N) is 2. The van der Waals surface area contributed by atoms with E-state index in [1.54, 1.807) is 4.90 Å². The van der Waals surface area contributed by atoms with Crippen LogP contribution in [0.1, 0.15) is 25.8 Å². The predicted octanol–water partition coefficient (Wildman–Crippen LogP) is 2.77. The average Bonchev–Trinajstić information content (AvgIpc) is 2.46. The Morgan fingerprint density at radius 2 is 2.00 bits per heavy atom. The fourth-order valence-electron chi connectivity index (χ4n) is 2.00. The van der Waals surface area contributed by atoms with E-state index in [4.69, 9.17) is 10.00 Å². The summed E-state index contributed by atoms with van der Waals surface area (Å²) in [6.07, 6.45) is 0.417. The van der Waals surface area contributed by atoms with Crippen LogP contribution in [0.2, 0.25) is 0 Å². The van der Waals surface area contributed by atoms with Gasteiger partial charge in [-0.1, -0.05) is 18.2 Å². The highest BCUT2D eigenvalue weighted by Crippen LogP contribution is 2.17. The Morgan fingerprint density at radius 1 is 1.35 bits per heavy atom. The number of para-hydroxylation sites is 1. The molecular formula is C16H22N2O2. The minimum Gasteiger partial charge on any atom is -0.493 e. The molecule has 1 atom stereocenters. The minimum absolute atomic E-state index is 0.106. The highest BCUT2D eigenvalue weighted by atomic mass is 16.5. The molecule has 1 rings (SSSR count). The largest absolute Gasteiger partial charge is 0.493 e.